The Bertz CT molecular complexity index is 1220. The molecule has 1 fully saturated rings. The minimum Gasteiger partial charge on any atom is -0.497 e. The van der Waals surface area contributed by atoms with E-state index in [1.165, 1.54) is 5.56 Å². The smallest absolute Gasteiger partial charge is 0.264 e. The van der Waals surface area contributed by atoms with Gasteiger partial charge in [0.2, 0.25) is 0 Å². The highest BCUT2D eigenvalue weighted by molar-refractivity contribution is 7.92. The molecule has 0 unspecified atom stereocenters. The van der Waals surface area contributed by atoms with Crippen molar-refractivity contribution in [3.8, 4) is 11.5 Å². The van der Waals surface area contributed by atoms with Crippen LogP contribution in [0.2, 0.25) is 0 Å². The summed E-state index contributed by atoms with van der Waals surface area (Å²) in [6.45, 7) is 2.48. The molecule has 1 saturated heterocycles. The van der Waals surface area contributed by atoms with Crippen LogP contribution in [-0.2, 0) is 10.0 Å². The maximum Gasteiger partial charge on any atom is 0.264 e. The molecule has 1 aliphatic rings. The average Bonchev–Trinajstić information content (AvgIpc) is 2.90. The Morgan fingerprint density at radius 1 is 0.886 bits per heavy atom. The van der Waals surface area contributed by atoms with Gasteiger partial charge in [-0.1, -0.05) is 48.6 Å². The van der Waals surface area contributed by atoms with Crippen LogP contribution in [0.5, 0.6) is 11.5 Å². The van der Waals surface area contributed by atoms with Crippen molar-refractivity contribution in [1.82, 2.24) is 4.90 Å². The summed E-state index contributed by atoms with van der Waals surface area (Å²) >= 11 is 0. The number of hydrogen-bond donors (Lipinski definition) is 0. The molecule has 35 heavy (non-hydrogen) atoms. The van der Waals surface area contributed by atoms with Crippen molar-refractivity contribution >= 4 is 21.8 Å². The van der Waals surface area contributed by atoms with E-state index in [9.17, 15) is 8.42 Å². The fourth-order valence-electron chi connectivity index (χ4n) is 4.39. The van der Waals surface area contributed by atoms with E-state index in [0.717, 1.165) is 32.5 Å². The molecule has 4 rings (SSSR count). The van der Waals surface area contributed by atoms with Crippen LogP contribution in [0.1, 0.15) is 18.4 Å². The molecule has 3 aromatic carbocycles. The molecular formula is C28H32N2O4S. The van der Waals surface area contributed by atoms with Gasteiger partial charge in [-0.25, -0.2) is 8.42 Å². The van der Waals surface area contributed by atoms with Crippen molar-refractivity contribution < 1.29 is 17.9 Å². The second-order valence-electron chi connectivity index (χ2n) is 8.52. The van der Waals surface area contributed by atoms with Gasteiger partial charge in [0.15, 0.2) is 0 Å². The van der Waals surface area contributed by atoms with Crippen LogP contribution in [0.25, 0.3) is 6.08 Å². The molecule has 0 atom stereocenters. The quantitative estimate of drug-likeness (QED) is 0.417. The van der Waals surface area contributed by atoms with Crippen LogP contribution in [0.4, 0.5) is 5.69 Å². The molecule has 0 amide bonds. The van der Waals surface area contributed by atoms with Crippen molar-refractivity contribution in [1.29, 1.82) is 0 Å². The summed E-state index contributed by atoms with van der Waals surface area (Å²) in [7, 11) is -0.634. The van der Waals surface area contributed by atoms with Gasteiger partial charge in [-0.15, -0.1) is 0 Å². The zero-order valence-corrected chi connectivity index (χ0v) is 21.0. The van der Waals surface area contributed by atoms with Gasteiger partial charge in [0.1, 0.15) is 11.5 Å². The Balaban J connectivity index is 1.53. The van der Waals surface area contributed by atoms with Crippen molar-refractivity contribution in [2.75, 3.05) is 38.2 Å². The highest BCUT2D eigenvalue weighted by Gasteiger charge is 2.34. The summed E-state index contributed by atoms with van der Waals surface area (Å²) in [4.78, 5) is 2.61. The van der Waals surface area contributed by atoms with Gasteiger partial charge in [0.05, 0.1) is 24.8 Å². The van der Waals surface area contributed by atoms with Crippen molar-refractivity contribution in [2.45, 2.75) is 23.8 Å². The largest absolute Gasteiger partial charge is 0.497 e. The average molecular weight is 493 g/mol. The van der Waals surface area contributed by atoms with Gasteiger partial charge in [-0.3, -0.25) is 9.21 Å². The third-order valence-corrected chi connectivity index (χ3v) is 8.18. The molecule has 184 valence electrons. The molecule has 0 N–H and O–H groups in total. The van der Waals surface area contributed by atoms with E-state index < -0.39 is 10.0 Å². The predicted octanol–water partition coefficient (Wildman–Crippen LogP) is 5.08. The number of sulfonamides is 1. The maximum atomic E-state index is 13.9. The number of benzene rings is 3. The molecule has 0 radical (unpaired) electrons. The van der Waals surface area contributed by atoms with Crippen LogP contribution < -0.4 is 13.8 Å². The zero-order valence-electron chi connectivity index (χ0n) is 20.2. The first-order valence-corrected chi connectivity index (χ1v) is 13.2. The van der Waals surface area contributed by atoms with Gasteiger partial charge in [0, 0.05) is 31.7 Å². The van der Waals surface area contributed by atoms with Crippen molar-refractivity contribution in [3.05, 3.63) is 90.5 Å². The van der Waals surface area contributed by atoms with Crippen molar-refractivity contribution in [3.63, 3.8) is 0 Å². The first-order valence-electron chi connectivity index (χ1n) is 11.8. The van der Waals surface area contributed by atoms with Gasteiger partial charge in [-0.05, 0) is 54.8 Å². The lowest BCUT2D eigenvalue weighted by Crippen LogP contribution is -2.47. The molecule has 1 heterocycles. The third-order valence-electron chi connectivity index (χ3n) is 6.29. The van der Waals surface area contributed by atoms with Gasteiger partial charge in [-0.2, -0.15) is 0 Å². The Morgan fingerprint density at radius 3 is 2.23 bits per heavy atom. The molecule has 0 aromatic heterocycles. The van der Waals surface area contributed by atoms with E-state index in [1.54, 1.807) is 48.9 Å². The number of anilines is 1. The molecule has 6 nitrogen and oxygen atoms in total. The van der Waals surface area contributed by atoms with Crippen LogP contribution in [0, 0.1) is 0 Å². The Labute approximate surface area is 208 Å². The number of nitrogens with zero attached hydrogens (tertiary/aromatic N) is 2. The molecular weight excluding hydrogens is 460 g/mol. The molecule has 0 aliphatic carbocycles. The highest BCUT2D eigenvalue weighted by Crippen LogP contribution is 2.33. The number of rotatable bonds is 9. The van der Waals surface area contributed by atoms with Crippen LogP contribution in [-0.4, -0.2) is 53.2 Å². The molecule has 0 bridgehead atoms. The van der Waals surface area contributed by atoms with E-state index in [4.69, 9.17) is 9.47 Å². The lowest BCUT2D eigenvalue weighted by Gasteiger charge is -2.38. The molecule has 7 heteroatoms. The summed E-state index contributed by atoms with van der Waals surface area (Å²) < 4.78 is 39.9. The highest BCUT2D eigenvalue weighted by atomic mass is 32.2. The number of methoxy groups -OCH3 is 2. The lowest BCUT2D eigenvalue weighted by molar-refractivity contribution is 0.235. The van der Waals surface area contributed by atoms with Gasteiger partial charge < -0.3 is 9.47 Å². The van der Waals surface area contributed by atoms with Crippen molar-refractivity contribution in [2.24, 2.45) is 0 Å². The number of ether oxygens (including phenoxy) is 2. The van der Waals surface area contributed by atoms with Crippen LogP contribution in [0.3, 0.4) is 0 Å². The first-order chi connectivity index (χ1) is 17.0. The van der Waals surface area contributed by atoms with E-state index in [1.807, 2.05) is 36.4 Å². The molecule has 3 aromatic rings. The second kappa shape index (κ2) is 11.4. The SMILES string of the molecule is COc1ccc(S(=O)(=O)N(c2cccc(OC)c2)C2CCN(CC=Cc3ccccc3)CC2)cc1. The predicted molar refractivity (Wildman–Crippen MR) is 141 cm³/mol. The molecule has 1 aliphatic heterocycles. The third kappa shape index (κ3) is 6.05. The van der Waals surface area contributed by atoms with E-state index in [-0.39, 0.29) is 10.9 Å². The fraction of sp³-hybridized carbons (Fsp3) is 0.286. The summed E-state index contributed by atoms with van der Waals surface area (Å²) in [5.41, 5.74) is 1.79. The zero-order chi connectivity index (χ0) is 24.7. The summed E-state index contributed by atoms with van der Waals surface area (Å²) in [6, 6.07) is 23.9. The van der Waals surface area contributed by atoms with E-state index in [2.05, 4.69) is 29.2 Å². The molecule has 0 saturated carbocycles. The van der Waals surface area contributed by atoms with E-state index >= 15 is 0 Å². The fourth-order valence-corrected chi connectivity index (χ4v) is 6.09. The Kier molecular flexibility index (Phi) is 8.10. The van der Waals surface area contributed by atoms with Gasteiger partial charge >= 0.3 is 0 Å². The summed E-state index contributed by atoms with van der Waals surface area (Å²) in [5, 5.41) is 0. The summed E-state index contributed by atoms with van der Waals surface area (Å²) in [6.07, 6.45) is 5.78. The second-order valence-corrected chi connectivity index (χ2v) is 10.3. The maximum absolute atomic E-state index is 13.9. The number of piperidine rings is 1. The first kappa shape index (κ1) is 24.8. The van der Waals surface area contributed by atoms with Crippen LogP contribution in [0.15, 0.2) is 89.8 Å². The normalized spacial score (nSPS) is 15.3. The van der Waals surface area contributed by atoms with Gasteiger partial charge in [0.25, 0.3) is 10.0 Å². The topological polar surface area (TPSA) is 59.1 Å². The number of hydrogen-bond acceptors (Lipinski definition) is 5. The lowest BCUT2D eigenvalue weighted by atomic mass is 10.0. The standard InChI is InChI=1S/C28H32N2O4S/c1-33-26-13-15-28(16-14-26)35(31,32)30(25-11-6-12-27(22-25)34-2)24-17-20-29(21-18-24)19-7-10-23-8-4-3-5-9-23/h3-16,22,24H,17-21H2,1-2H3. The summed E-state index contributed by atoms with van der Waals surface area (Å²) in [5.74, 6) is 1.25. The minimum absolute atomic E-state index is 0.149. The molecule has 0 spiro atoms. The minimum atomic E-state index is -3.78. The Morgan fingerprint density at radius 2 is 1.57 bits per heavy atom. The monoisotopic (exact) mass is 492 g/mol. The van der Waals surface area contributed by atoms with Crippen LogP contribution >= 0.6 is 0 Å². The Hall–Kier alpha value is -3.29. The van der Waals surface area contributed by atoms with E-state index in [0.29, 0.717) is 17.2 Å². The number of likely N-dealkylation sites (tertiary alicyclic amines) is 1.